The van der Waals surface area contributed by atoms with Crippen LogP contribution in [-0.2, 0) is 9.53 Å². The van der Waals surface area contributed by atoms with E-state index in [1.165, 1.54) is 0 Å². The Balaban J connectivity index is 2.38. The van der Waals surface area contributed by atoms with Crippen LogP contribution in [0.3, 0.4) is 0 Å². The second kappa shape index (κ2) is 6.08. The number of piperidine rings is 1. The molecule has 88 valence electrons. The van der Waals surface area contributed by atoms with Crippen molar-refractivity contribution in [1.29, 1.82) is 0 Å². The van der Waals surface area contributed by atoms with Gasteiger partial charge in [-0.2, -0.15) is 0 Å². The van der Waals surface area contributed by atoms with Gasteiger partial charge in [0.25, 0.3) is 0 Å². The zero-order valence-electron chi connectivity index (χ0n) is 9.74. The molecule has 1 aliphatic rings. The molecule has 0 spiro atoms. The van der Waals surface area contributed by atoms with Gasteiger partial charge in [0.15, 0.2) is 0 Å². The number of likely N-dealkylation sites (tertiary alicyclic amines) is 1. The summed E-state index contributed by atoms with van der Waals surface area (Å²) in [6.07, 6.45) is 2.02. The van der Waals surface area contributed by atoms with Crippen LogP contribution < -0.4 is 5.73 Å². The molecular formula is C11H22N2O2. The molecule has 0 aromatic rings. The van der Waals surface area contributed by atoms with Gasteiger partial charge in [0.05, 0.1) is 12.5 Å². The lowest BCUT2D eigenvalue weighted by molar-refractivity contribution is -0.149. The minimum Gasteiger partial charge on any atom is -0.466 e. The SMILES string of the molecule is CCOC(=O)C1CCCN(CC(C)N)C1. The number of carbonyl (C=O) groups excluding carboxylic acids is 1. The Bertz CT molecular complexity index is 207. The van der Waals surface area contributed by atoms with E-state index in [2.05, 4.69) is 4.90 Å². The van der Waals surface area contributed by atoms with Crippen LogP contribution in [-0.4, -0.2) is 43.2 Å². The Labute approximate surface area is 91.8 Å². The largest absolute Gasteiger partial charge is 0.466 e. The van der Waals surface area contributed by atoms with Gasteiger partial charge < -0.3 is 15.4 Å². The average Bonchev–Trinajstić information content (AvgIpc) is 2.17. The van der Waals surface area contributed by atoms with Crippen molar-refractivity contribution < 1.29 is 9.53 Å². The van der Waals surface area contributed by atoms with E-state index in [4.69, 9.17) is 10.5 Å². The topological polar surface area (TPSA) is 55.6 Å². The number of nitrogens with two attached hydrogens (primary N) is 1. The van der Waals surface area contributed by atoms with Gasteiger partial charge in [0.2, 0.25) is 0 Å². The van der Waals surface area contributed by atoms with Crippen molar-refractivity contribution in [2.75, 3.05) is 26.2 Å². The van der Waals surface area contributed by atoms with Crippen LogP contribution in [0.4, 0.5) is 0 Å². The molecule has 0 aromatic carbocycles. The minimum atomic E-state index is -0.0492. The normalized spacial score (nSPS) is 24.9. The van der Waals surface area contributed by atoms with Gasteiger partial charge in [-0.15, -0.1) is 0 Å². The van der Waals surface area contributed by atoms with Crippen molar-refractivity contribution in [3.63, 3.8) is 0 Å². The molecule has 15 heavy (non-hydrogen) atoms. The number of hydrogen-bond acceptors (Lipinski definition) is 4. The molecule has 0 amide bonds. The van der Waals surface area contributed by atoms with E-state index in [1.807, 2.05) is 13.8 Å². The average molecular weight is 214 g/mol. The Hall–Kier alpha value is -0.610. The number of nitrogens with zero attached hydrogens (tertiary/aromatic N) is 1. The molecule has 1 rings (SSSR count). The van der Waals surface area contributed by atoms with Gasteiger partial charge in [0.1, 0.15) is 0 Å². The van der Waals surface area contributed by atoms with Gasteiger partial charge in [-0.1, -0.05) is 0 Å². The first-order valence-corrected chi connectivity index (χ1v) is 5.78. The van der Waals surface area contributed by atoms with Gasteiger partial charge in [-0.3, -0.25) is 4.79 Å². The highest BCUT2D eigenvalue weighted by molar-refractivity contribution is 5.72. The molecule has 2 N–H and O–H groups in total. The van der Waals surface area contributed by atoms with Gasteiger partial charge in [0, 0.05) is 19.1 Å². The fraction of sp³-hybridized carbons (Fsp3) is 0.909. The van der Waals surface area contributed by atoms with Crippen molar-refractivity contribution in [1.82, 2.24) is 4.90 Å². The predicted molar refractivity (Wildman–Crippen MR) is 59.4 cm³/mol. The molecule has 4 heteroatoms. The molecule has 4 nitrogen and oxygen atoms in total. The van der Waals surface area contributed by atoms with Crippen molar-refractivity contribution in [3.8, 4) is 0 Å². The molecular weight excluding hydrogens is 192 g/mol. The lowest BCUT2D eigenvalue weighted by Gasteiger charge is -2.32. The smallest absolute Gasteiger partial charge is 0.310 e. The van der Waals surface area contributed by atoms with Crippen molar-refractivity contribution in [2.24, 2.45) is 11.7 Å². The molecule has 1 fully saturated rings. The van der Waals surface area contributed by atoms with Crippen LogP contribution in [0.1, 0.15) is 26.7 Å². The number of hydrogen-bond donors (Lipinski definition) is 1. The monoisotopic (exact) mass is 214 g/mol. The summed E-state index contributed by atoms with van der Waals surface area (Å²) in [6.45, 7) is 7.05. The van der Waals surface area contributed by atoms with Crippen molar-refractivity contribution in [2.45, 2.75) is 32.7 Å². The zero-order valence-corrected chi connectivity index (χ0v) is 9.74. The van der Waals surface area contributed by atoms with E-state index < -0.39 is 0 Å². The first-order valence-electron chi connectivity index (χ1n) is 5.78. The highest BCUT2D eigenvalue weighted by Gasteiger charge is 2.26. The summed E-state index contributed by atoms with van der Waals surface area (Å²) in [4.78, 5) is 13.8. The first kappa shape index (κ1) is 12.5. The third-order valence-corrected chi connectivity index (χ3v) is 2.67. The van der Waals surface area contributed by atoms with Crippen LogP contribution in [0.25, 0.3) is 0 Å². The highest BCUT2D eigenvalue weighted by Crippen LogP contribution is 2.17. The summed E-state index contributed by atoms with van der Waals surface area (Å²) in [6, 6.07) is 0.172. The highest BCUT2D eigenvalue weighted by atomic mass is 16.5. The van der Waals surface area contributed by atoms with Gasteiger partial charge in [-0.25, -0.2) is 0 Å². The maximum atomic E-state index is 11.5. The van der Waals surface area contributed by atoms with E-state index in [0.717, 1.165) is 32.5 Å². The summed E-state index contributed by atoms with van der Waals surface area (Å²) in [5.74, 6) is 0.00400. The molecule has 0 saturated carbocycles. The van der Waals surface area contributed by atoms with Crippen LogP contribution in [0.2, 0.25) is 0 Å². The van der Waals surface area contributed by atoms with E-state index in [0.29, 0.717) is 6.61 Å². The summed E-state index contributed by atoms with van der Waals surface area (Å²) < 4.78 is 5.04. The fourth-order valence-electron chi connectivity index (χ4n) is 2.08. The van der Waals surface area contributed by atoms with Gasteiger partial charge in [-0.05, 0) is 33.2 Å². The van der Waals surface area contributed by atoms with E-state index in [1.54, 1.807) is 0 Å². The Kier molecular flexibility index (Phi) is 5.05. The minimum absolute atomic E-state index is 0.0492. The molecule has 2 atom stereocenters. The number of rotatable bonds is 4. The molecule has 0 bridgehead atoms. The second-order valence-corrected chi connectivity index (χ2v) is 4.33. The van der Waals surface area contributed by atoms with Crippen LogP contribution in [0, 0.1) is 5.92 Å². The molecule has 0 aliphatic carbocycles. The van der Waals surface area contributed by atoms with E-state index in [9.17, 15) is 4.79 Å². The van der Waals surface area contributed by atoms with E-state index >= 15 is 0 Å². The van der Waals surface area contributed by atoms with Crippen LogP contribution in [0.5, 0.6) is 0 Å². The third-order valence-electron chi connectivity index (χ3n) is 2.67. The van der Waals surface area contributed by atoms with E-state index in [-0.39, 0.29) is 17.9 Å². The standard InChI is InChI=1S/C11H22N2O2/c1-3-15-11(14)10-5-4-6-13(8-10)7-9(2)12/h9-10H,3-8,12H2,1-2H3. The molecule has 1 saturated heterocycles. The number of ether oxygens (including phenoxy) is 1. The maximum absolute atomic E-state index is 11.5. The maximum Gasteiger partial charge on any atom is 0.310 e. The summed E-state index contributed by atoms with van der Waals surface area (Å²) >= 11 is 0. The van der Waals surface area contributed by atoms with Crippen LogP contribution in [0.15, 0.2) is 0 Å². The Morgan fingerprint density at radius 3 is 3.00 bits per heavy atom. The summed E-state index contributed by atoms with van der Waals surface area (Å²) in [5, 5.41) is 0. The summed E-state index contributed by atoms with van der Waals surface area (Å²) in [7, 11) is 0. The zero-order chi connectivity index (χ0) is 11.3. The van der Waals surface area contributed by atoms with Crippen molar-refractivity contribution >= 4 is 5.97 Å². The number of carbonyl (C=O) groups is 1. The second-order valence-electron chi connectivity index (χ2n) is 4.33. The Morgan fingerprint density at radius 1 is 1.67 bits per heavy atom. The number of esters is 1. The summed E-state index contributed by atoms with van der Waals surface area (Å²) in [5.41, 5.74) is 5.75. The molecule has 0 radical (unpaired) electrons. The lowest BCUT2D eigenvalue weighted by atomic mass is 9.98. The fourth-order valence-corrected chi connectivity index (χ4v) is 2.08. The third kappa shape index (κ3) is 4.18. The predicted octanol–water partition coefficient (Wildman–Crippen LogP) is 0.609. The quantitative estimate of drug-likeness (QED) is 0.697. The molecule has 1 heterocycles. The molecule has 1 aliphatic heterocycles. The van der Waals surface area contributed by atoms with Gasteiger partial charge >= 0.3 is 5.97 Å². The first-order chi connectivity index (χ1) is 7.13. The molecule has 2 unspecified atom stereocenters. The Morgan fingerprint density at radius 2 is 2.40 bits per heavy atom. The van der Waals surface area contributed by atoms with Crippen molar-refractivity contribution in [3.05, 3.63) is 0 Å². The molecule has 0 aromatic heterocycles. The van der Waals surface area contributed by atoms with Crippen LogP contribution >= 0.6 is 0 Å². The lowest BCUT2D eigenvalue weighted by Crippen LogP contribution is -2.44.